The Labute approximate surface area is 90.0 Å². The van der Waals surface area contributed by atoms with Gasteiger partial charge in [-0.25, -0.2) is 0 Å². The second-order valence-corrected chi connectivity index (χ2v) is 3.65. The van der Waals surface area contributed by atoms with E-state index in [4.69, 9.17) is 15.9 Å². The second-order valence-electron chi connectivity index (χ2n) is 2.66. The summed E-state index contributed by atoms with van der Waals surface area (Å²) in [5, 5.41) is 19.1. The van der Waals surface area contributed by atoms with Crippen LogP contribution in [0, 0.1) is 5.92 Å². The Morgan fingerprint density at radius 1 is 1.33 bits per heavy atom. The van der Waals surface area contributed by atoms with Gasteiger partial charge in [0.05, 0.1) is 5.92 Å². The zero-order valence-corrected chi connectivity index (χ0v) is 8.78. The lowest BCUT2D eigenvalue weighted by Gasteiger charge is -2.15. The van der Waals surface area contributed by atoms with E-state index < -0.39 is 29.1 Å². The minimum atomic E-state index is -1.51. The van der Waals surface area contributed by atoms with Crippen molar-refractivity contribution < 1.29 is 24.6 Å². The van der Waals surface area contributed by atoms with Crippen molar-refractivity contribution in [2.75, 3.05) is 12.8 Å². The molecule has 2 unspecified atom stereocenters. The van der Waals surface area contributed by atoms with E-state index in [0.717, 1.165) is 0 Å². The summed E-state index contributed by atoms with van der Waals surface area (Å²) in [6.07, 6.45) is 0. The number of rotatable bonds is 5. The molecule has 86 valence electrons. The Hall–Kier alpha value is -1.28. The van der Waals surface area contributed by atoms with Gasteiger partial charge in [-0.2, -0.15) is 0 Å². The van der Waals surface area contributed by atoms with Gasteiger partial charge in [0.25, 0.3) is 5.24 Å². The lowest BCUT2D eigenvalue weighted by molar-refractivity contribution is -0.149. The van der Waals surface area contributed by atoms with Crippen LogP contribution in [0.15, 0.2) is 0 Å². The number of nitrogens with two attached hydrogens (primary N) is 1. The van der Waals surface area contributed by atoms with Crippen molar-refractivity contribution in [3.8, 4) is 0 Å². The van der Waals surface area contributed by atoms with Gasteiger partial charge >= 0.3 is 11.9 Å². The van der Waals surface area contributed by atoms with Crippen LogP contribution < -0.4 is 11.1 Å². The van der Waals surface area contributed by atoms with Crippen molar-refractivity contribution in [3.05, 3.63) is 0 Å². The quantitative estimate of drug-likeness (QED) is 0.490. The van der Waals surface area contributed by atoms with Crippen LogP contribution in [-0.4, -0.2) is 46.2 Å². The van der Waals surface area contributed by atoms with Gasteiger partial charge in [0.1, 0.15) is 6.04 Å². The molecule has 0 aliphatic rings. The van der Waals surface area contributed by atoms with Gasteiger partial charge in [-0.1, -0.05) is 11.8 Å². The minimum absolute atomic E-state index is 0.178. The maximum absolute atomic E-state index is 10.8. The van der Waals surface area contributed by atoms with E-state index in [1.54, 1.807) is 0 Å². The lowest BCUT2D eigenvalue weighted by Crippen LogP contribution is -2.43. The third kappa shape index (κ3) is 4.66. The standard InChI is InChI=1S/C7H12N2O5S/c1-9-7(14)15-2-3(5(10)11)4(8)6(12)13/h3-4H,2,8H2,1H3,(H,9,14)(H,10,11)(H,12,13). The van der Waals surface area contributed by atoms with Crippen LogP contribution in [0.4, 0.5) is 4.79 Å². The molecule has 0 aromatic carbocycles. The molecule has 0 aromatic heterocycles. The number of carbonyl (C=O) groups excluding carboxylic acids is 1. The van der Waals surface area contributed by atoms with Crippen molar-refractivity contribution in [1.82, 2.24) is 5.32 Å². The fourth-order valence-electron chi connectivity index (χ4n) is 0.738. The first-order valence-electron chi connectivity index (χ1n) is 3.95. The Bertz CT molecular complexity index is 270. The minimum Gasteiger partial charge on any atom is -0.481 e. The van der Waals surface area contributed by atoms with E-state index >= 15 is 0 Å². The van der Waals surface area contributed by atoms with Crippen molar-refractivity contribution >= 4 is 28.9 Å². The molecule has 7 nitrogen and oxygen atoms in total. The molecular weight excluding hydrogens is 224 g/mol. The van der Waals surface area contributed by atoms with Crippen LogP contribution in [-0.2, 0) is 9.59 Å². The normalized spacial score (nSPS) is 14.0. The number of nitrogens with one attached hydrogen (secondary N) is 1. The van der Waals surface area contributed by atoms with E-state index in [1.165, 1.54) is 7.05 Å². The summed E-state index contributed by atoms with van der Waals surface area (Å²) in [4.78, 5) is 31.9. The summed E-state index contributed by atoms with van der Waals surface area (Å²) in [6, 6.07) is -1.51. The molecule has 5 N–H and O–H groups in total. The first-order chi connectivity index (χ1) is 6.90. The van der Waals surface area contributed by atoms with E-state index in [9.17, 15) is 14.4 Å². The van der Waals surface area contributed by atoms with Crippen LogP contribution in [0.1, 0.15) is 0 Å². The Balaban J connectivity index is 4.35. The predicted molar refractivity (Wildman–Crippen MR) is 53.7 cm³/mol. The molecule has 0 aliphatic heterocycles. The molecule has 0 aliphatic carbocycles. The van der Waals surface area contributed by atoms with Crippen LogP contribution in [0.3, 0.4) is 0 Å². The molecular formula is C7H12N2O5S. The van der Waals surface area contributed by atoms with Gasteiger partial charge in [0.15, 0.2) is 0 Å². The van der Waals surface area contributed by atoms with E-state index in [0.29, 0.717) is 11.8 Å². The monoisotopic (exact) mass is 236 g/mol. The third-order valence-electron chi connectivity index (χ3n) is 1.63. The van der Waals surface area contributed by atoms with Gasteiger partial charge in [-0.3, -0.25) is 14.4 Å². The summed E-state index contributed by atoms with van der Waals surface area (Å²) in [5.74, 6) is -4.20. The van der Waals surface area contributed by atoms with E-state index in [2.05, 4.69) is 5.32 Å². The second kappa shape index (κ2) is 6.25. The van der Waals surface area contributed by atoms with E-state index in [-0.39, 0.29) is 5.75 Å². The first kappa shape index (κ1) is 13.7. The zero-order valence-electron chi connectivity index (χ0n) is 7.97. The van der Waals surface area contributed by atoms with Gasteiger partial charge in [-0.05, 0) is 0 Å². The SMILES string of the molecule is CNC(=O)SCC(C(=O)O)C(N)C(=O)O. The Morgan fingerprint density at radius 3 is 2.20 bits per heavy atom. The molecule has 2 atom stereocenters. The molecule has 0 spiro atoms. The molecule has 0 saturated heterocycles. The molecule has 0 heterocycles. The number of thioether (sulfide) groups is 1. The lowest BCUT2D eigenvalue weighted by atomic mass is 10.0. The predicted octanol–water partition coefficient (Wildman–Crippen LogP) is -0.828. The molecule has 0 radical (unpaired) electrons. The number of amides is 1. The van der Waals surface area contributed by atoms with Crippen molar-refractivity contribution in [2.45, 2.75) is 6.04 Å². The number of hydrogen-bond donors (Lipinski definition) is 4. The summed E-state index contributed by atoms with van der Waals surface area (Å²) in [5.41, 5.74) is 5.16. The summed E-state index contributed by atoms with van der Waals surface area (Å²) in [6.45, 7) is 0. The number of carboxylic acids is 2. The maximum Gasteiger partial charge on any atom is 0.321 e. The number of carbonyl (C=O) groups is 3. The summed E-state index contributed by atoms with van der Waals surface area (Å²) in [7, 11) is 1.39. The summed E-state index contributed by atoms with van der Waals surface area (Å²) < 4.78 is 0. The highest BCUT2D eigenvalue weighted by molar-refractivity contribution is 8.13. The van der Waals surface area contributed by atoms with Crippen molar-refractivity contribution in [1.29, 1.82) is 0 Å². The van der Waals surface area contributed by atoms with Crippen LogP contribution in [0.25, 0.3) is 0 Å². The van der Waals surface area contributed by atoms with Gasteiger partial charge < -0.3 is 21.3 Å². The number of aliphatic carboxylic acids is 2. The molecule has 0 bridgehead atoms. The largest absolute Gasteiger partial charge is 0.481 e. The first-order valence-corrected chi connectivity index (χ1v) is 4.94. The number of hydrogen-bond acceptors (Lipinski definition) is 5. The highest BCUT2D eigenvalue weighted by atomic mass is 32.2. The molecule has 1 amide bonds. The maximum atomic E-state index is 10.8. The zero-order chi connectivity index (χ0) is 12.0. The number of carboxylic acid groups (broad SMARTS) is 2. The Morgan fingerprint density at radius 2 is 1.87 bits per heavy atom. The molecule has 15 heavy (non-hydrogen) atoms. The van der Waals surface area contributed by atoms with Crippen LogP contribution >= 0.6 is 11.8 Å². The Kier molecular flexibility index (Phi) is 5.72. The van der Waals surface area contributed by atoms with Crippen molar-refractivity contribution in [3.63, 3.8) is 0 Å². The van der Waals surface area contributed by atoms with E-state index in [1.807, 2.05) is 0 Å². The molecule has 0 rings (SSSR count). The van der Waals surface area contributed by atoms with Gasteiger partial charge in [0.2, 0.25) is 0 Å². The average Bonchev–Trinajstić information content (AvgIpc) is 2.16. The third-order valence-corrected chi connectivity index (χ3v) is 2.63. The van der Waals surface area contributed by atoms with Gasteiger partial charge in [-0.15, -0.1) is 0 Å². The molecule has 0 aromatic rings. The molecule has 0 saturated carbocycles. The topological polar surface area (TPSA) is 130 Å². The highest BCUT2D eigenvalue weighted by Gasteiger charge is 2.31. The molecule has 0 fully saturated rings. The van der Waals surface area contributed by atoms with Gasteiger partial charge in [0, 0.05) is 12.8 Å². The summed E-state index contributed by atoms with van der Waals surface area (Å²) >= 11 is 0.684. The van der Waals surface area contributed by atoms with Crippen LogP contribution in [0.5, 0.6) is 0 Å². The highest BCUT2D eigenvalue weighted by Crippen LogP contribution is 2.12. The average molecular weight is 236 g/mol. The molecule has 8 heteroatoms. The van der Waals surface area contributed by atoms with Crippen LogP contribution in [0.2, 0.25) is 0 Å². The smallest absolute Gasteiger partial charge is 0.321 e. The van der Waals surface area contributed by atoms with Crippen molar-refractivity contribution in [2.24, 2.45) is 11.7 Å². The fourth-order valence-corrected chi connectivity index (χ4v) is 1.56. The fraction of sp³-hybridized carbons (Fsp3) is 0.571.